The fourth-order valence-corrected chi connectivity index (χ4v) is 4.44. The van der Waals surface area contributed by atoms with Gasteiger partial charge in [0.05, 0.1) is 11.2 Å². The molecule has 1 aliphatic heterocycles. The Morgan fingerprint density at radius 2 is 1.94 bits per heavy atom. The van der Waals surface area contributed by atoms with Crippen LogP contribution >= 0.6 is 11.3 Å². The van der Waals surface area contributed by atoms with E-state index >= 15 is 0 Å². The lowest BCUT2D eigenvalue weighted by Gasteiger charge is -2.32. The summed E-state index contributed by atoms with van der Waals surface area (Å²) in [4.78, 5) is 26.2. The number of fused-ring (bicyclic) bond motifs is 1. The second-order valence-corrected chi connectivity index (χ2v) is 8.88. The quantitative estimate of drug-likeness (QED) is 0.571. The van der Waals surface area contributed by atoms with Crippen molar-refractivity contribution in [2.75, 3.05) is 43.4 Å². The average Bonchev–Trinajstić information content (AvgIpc) is 3.18. The second kappa shape index (κ2) is 9.52. The normalized spacial score (nSPS) is 15.1. The van der Waals surface area contributed by atoms with Crippen LogP contribution in [0.15, 0.2) is 29.6 Å². The molecule has 2 aromatic heterocycles. The molecule has 3 heterocycles. The number of rotatable bonds is 6. The molecule has 3 aromatic rings. The number of hydrogen-bond donors (Lipinski definition) is 1. The molecule has 176 valence electrons. The van der Waals surface area contributed by atoms with Gasteiger partial charge in [-0.1, -0.05) is 0 Å². The van der Waals surface area contributed by atoms with E-state index in [2.05, 4.69) is 31.9 Å². The Kier molecular flexibility index (Phi) is 6.71. The number of benzene rings is 1. The Balaban J connectivity index is 1.38. The molecule has 33 heavy (non-hydrogen) atoms. The van der Waals surface area contributed by atoms with Crippen LogP contribution in [0.25, 0.3) is 10.9 Å². The zero-order valence-electron chi connectivity index (χ0n) is 18.3. The van der Waals surface area contributed by atoms with E-state index in [9.17, 15) is 18.0 Å². The fourth-order valence-electron chi connectivity index (χ4n) is 3.63. The van der Waals surface area contributed by atoms with Crippen molar-refractivity contribution < 1.29 is 22.7 Å². The number of piperazine rings is 1. The Labute approximate surface area is 193 Å². The van der Waals surface area contributed by atoms with Crippen LogP contribution in [0.2, 0.25) is 0 Å². The van der Waals surface area contributed by atoms with Crippen LogP contribution in [-0.4, -0.2) is 60.4 Å². The first-order chi connectivity index (χ1) is 15.7. The van der Waals surface area contributed by atoms with Crippen molar-refractivity contribution in [3.8, 4) is 5.06 Å². The molecule has 0 unspecified atom stereocenters. The van der Waals surface area contributed by atoms with Crippen molar-refractivity contribution in [3.05, 3.63) is 40.9 Å². The molecule has 0 bridgehead atoms. The van der Waals surface area contributed by atoms with E-state index in [0.29, 0.717) is 17.7 Å². The molecule has 4 rings (SSSR count). The number of amides is 1. The van der Waals surface area contributed by atoms with E-state index < -0.39 is 6.36 Å². The summed E-state index contributed by atoms with van der Waals surface area (Å²) in [6.07, 6.45) is -4.27. The monoisotopic (exact) mass is 479 g/mol. The standard InChI is InChI=1S/C22H24F3N5O2S/c1-14-17-12-16(4-5-18(17)28-21(26-14)30-9-7-29(2)8-10-30)27-19(31)6-3-15-11-20(33-13-15)32-22(23,24)25/h4-5,11-13H,3,6-10H2,1-2H3,(H,27,31). The SMILES string of the molecule is Cc1nc(N2CCN(C)CC2)nc2ccc(NC(=O)CCc3csc(OC(F)(F)F)c3)cc12. The van der Waals surface area contributed by atoms with Gasteiger partial charge in [-0.05, 0) is 55.6 Å². The van der Waals surface area contributed by atoms with Gasteiger partial charge < -0.3 is 19.9 Å². The number of aromatic nitrogens is 2. The third-order valence-corrected chi connectivity index (χ3v) is 6.29. The highest BCUT2D eigenvalue weighted by Crippen LogP contribution is 2.30. The topological polar surface area (TPSA) is 70.6 Å². The number of likely N-dealkylation sites (N-methyl/N-ethyl adjacent to an activating group) is 1. The van der Waals surface area contributed by atoms with Crippen molar-refractivity contribution in [1.29, 1.82) is 0 Å². The van der Waals surface area contributed by atoms with Gasteiger partial charge in [0, 0.05) is 43.7 Å². The minimum atomic E-state index is -4.72. The van der Waals surface area contributed by atoms with Gasteiger partial charge in [-0.15, -0.1) is 24.5 Å². The van der Waals surface area contributed by atoms with Crippen LogP contribution in [0.4, 0.5) is 24.8 Å². The summed E-state index contributed by atoms with van der Waals surface area (Å²) in [5.74, 6) is 0.487. The molecule has 0 radical (unpaired) electrons. The molecule has 1 saturated heterocycles. The van der Waals surface area contributed by atoms with Gasteiger partial charge in [-0.3, -0.25) is 4.79 Å². The van der Waals surface area contributed by atoms with Gasteiger partial charge in [0.15, 0.2) is 5.06 Å². The van der Waals surface area contributed by atoms with E-state index in [0.717, 1.165) is 60.1 Å². The maximum Gasteiger partial charge on any atom is 0.573 e. The van der Waals surface area contributed by atoms with Crippen LogP contribution in [0.1, 0.15) is 17.7 Å². The lowest BCUT2D eigenvalue weighted by Crippen LogP contribution is -2.45. The smallest absolute Gasteiger partial charge is 0.396 e. The predicted octanol–water partition coefficient (Wildman–Crippen LogP) is 4.22. The van der Waals surface area contributed by atoms with Crippen molar-refractivity contribution in [2.45, 2.75) is 26.1 Å². The van der Waals surface area contributed by atoms with Gasteiger partial charge >= 0.3 is 6.36 Å². The molecular weight excluding hydrogens is 455 g/mol. The maximum atomic E-state index is 12.4. The number of halogens is 3. The summed E-state index contributed by atoms with van der Waals surface area (Å²) in [5, 5.41) is 5.02. The zero-order chi connectivity index (χ0) is 23.6. The number of aryl methyl sites for hydroxylation is 2. The van der Waals surface area contributed by atoms with E-state index in [-0.39, 0.29) is 17.4 Å². The second-order valence-electron chi connectivity index (χ2n) is 8.00. The maximum absolute atomic E-state index is 12.4. The summed E-state index contributed by atoms with van der Waals surface area (Å²) >= 11 is 0.853. The summed E-state index contributed by atoms with van der Waals surface area (Å²) in [5.41, 5.74) is 2.89. The number of carbonyl (C=O) groups is 1. The van der Waals surface area contributed by atoms with Gasteiger partial charge in [0.2, 0.25) is 11.9 Å². The third-order valence-electron chi connectivity index (χ3n) is 5.43. The highest BCUT2D eigenvalue weighted by Gasteiger charge is 2.31. The van der Waals surface area contributed by atoms with E-state index in [4.69, 9.17) is 4.98 Å². The largest absolute Gasteiger partial charge is 0.573 e. The number of anilines is 2. The number of nitrogens with zero attached hydrogens (tertiary/aromatic N) is 4. The van der Waals surface area contributed by atoms with Crippen LogP contribution in [-0.2, 0) is 11.2 Å². The van der Waals surface area contributed by atoms with Crippen molar-refractivity contribution in [3.63, 3.8) is 0 Å². The molecule has 1 aromatic carbocycles. The molecule has 0 saturated carbocycles. The van der Waals surface area contributed by atoms with Crippen molar-refractivity contribution in [1.82, 2.24) is 14.9 Å². The van der Waals surface area contributed by atoms with Crippen LogP contribution in [0.5, 0.6) is 5.06 Å². The zero-order valence-corrected chi connectivity index (χ0v) is 19.1. The molecule has 1 N–H and O–H groups in total. The number of ether oxygens (including phenoxy) is 1. The van der Waals surface area contributed by atoms with Crippen LogP contribution in [0.3, 0.4) is 0 Å². The fraction of sp³-hybridized carbons (Fsp3) is 0.409. The minimum Gasteiger partial charge on any atom is -0.396 e. The number of thiophene rings is 1. The summed E-state index contributed by atoms with van der Waals surface area (Å²) < 4.78 is 40.7. The lowest BCUT2D eigenvalue weighted by molar-refractivity contribution is -0.273. The molecule has 11 heteroatoms. The molecule has 1 aliphatic rings. The van der Waals surface area contributed by atoms with E-state index in [1.165, 1.54) is 6.07 Å². The summed E-state index contributed by atoms with van der Waals surface area (Å²) in [6, 6.07) is 6.80. The predicted molar refractivity (Wildman–Crippen MR) is 122 cm³/mol. The van der Waals surface area contributed by atoms with E-state index in [1.54, 1.807) is 11.4 Å². The highest BCUT2D eigenvalue weighted by molar-refractivity contribution is 7.12. The van der Waals surface area contributed by atoms with Crippen LogP contribution in [0, 0.1) is 6.92 Å². The summed E-state index contributed by atoms with van der Waals surface area (Å²) in [7, 11) is 2.10. The first-order valence-corrected chi connectivity index (χ1v) is 11.4. The Hall–Kier alpha value is -2.92. The van der Waals surface area contributed by atoms with E-state index in [1.807, 2.05) is 19.1 Å². The van der Waals surface area contributed by atoms with Crippen molar-refractivity contribution in [2.24, 2.45) is 0 Å². The molecule has 0 atom stereocenters. The van der Waals surface area contributed by atoms with Gasteiger partial charge in [-0.25, -0.2) is 9.97 Å². The number of hydrogen-bond acceptors (Lipinski definition) is 7. The van der Waals surface area contributed by atoms with Crippen LogP contribution < -0.4 is 15.0 Å². The number of carbonyl (C=O) groups excluding carboxylic acids is 1. The third kappa shape index (κ3) is 6.11. The first kappa shape index (κ1) is 23.2. The molecule has 0 aliphatic carbocycles. The first-order valence-electron chi connectivity index (χ1n) is 10.5. The Morgan fingerprint density at radius 1 is 1.18 bits per heavy atom. The van der Waals surface area contributed by atoms with Gasteiger partial charge in [-0.2, -0.15) is 0 Å². The van der Waals surface area contributed by atoms with Gasteiger partial charge in [0.25, 0.3) is 0 Å². The molecule has 0 spiro atoms. The molecular formula is C22H24F3N5O2S. The molecule has 7 nitrogen and oxygen atoms in total. The molecule has 1 amide bonds. The highest BCUT2D eigenvalue weighted by atomic mass is 32.1. The number of nitrogens with one attached hydrogen (secondary N) is 1. The minimum absolute atomic E-state index is 0.137. The van der Waals surface area contributed by atoms with Crippen molar-refractivity contribution >= 4 is 39.8 Å². The van der Waals surface area contributed by atoms with Gasteiger partial charge in [0.1, 0.15) is 0 Å². The summed E-state index contributed by atoms with van der Waals surface area (Å²) in [6.45, 7) is 5.61. The number of alkyl halides is 3. The lowest BCUT2D eigenvalue weighted by atomic mass is 10.1. The Morgan fingerprint density at radius 3 is 2.67 bits per heavy atom. The Bertz CT molecular complexity index is 1140. The molecule has 1 fully saturated rings. The average molecular weight is 480 g/mol.